The number of hydrogen-bond acceptors (Lipinski definition) is 7. The second kappa shape index (κ2) is 12.4. The summed E-state index contributed by atoms with van der Waals surface area (Å²) in [5.41, 5.74) is -0.874. The van der Waals surface area contributed by atoms with E-state index in [0.717, 1.165) is 19.3 Å². The highest BCUT2D eigenvalue weighted by atomic mass is 32.2. The van der Waals surface area contributed by atoms with Gasteiger partial charge in [0, 0.05) is 0 Å². The quantitative estimate of drug-likeness (QED) is 0.217. The van der Waals surface area contributed by atoms with Gasteiger partial charge in [0.25, 0.3) is 15.9 Å². The molecule has 2 aromatic carbocycles. The van der Waals surface area contributed by atoms with Crippen LogP contribution in [0.15, 0.2) is 47.4 Å². The average Bonchev–Trinajstić information content (AvgIpc) is 2.80. The molecule has 0 aliphatic heterocycles. The molecule has 0 unspecified atom stereocenters. The molecule has 0 bridgehead atoms. The number of unbranched alkanes of at least 4 members (excludes halogenated alkanes) is 2. The van der Waals surface area contributed by atoms with Crippen LogP contribution in [0.25, 0.3) is 0 Å². The van der Waals surface area contributed by atoms with Gasteiger partial charge in [-0.15, -0.1) is 0 Å². The van der Waals surface area contributed by atoms with Crippen LogP contribution in [0.1, 0.15) is 57.3 Å². The molecular formula is C25H32N2O8S. The second-order valence-corrected chi connectivity index (χ2v) is 10.7. The fourth-order valence-corrected chi connectivity index (χ4v) is 3.91. The molecule has 2 rings (SSSR count). The van der Waals surface area contributed by atoms with Gasteiger partial charge in [0.05, 0.1) is 28.2 Å². The number of anilines is 1. The topological polar surface area (TPSA) is 148 Å². The number of ether oxygens (including phenoxy) is 2. The molecule has 0 fully saturated rings. The van der Waals surface area contributed by atoms with Gasteiger partial charge >= 0.3 is 11.9 Å². The van der Waals surface area contributed by atoms with Crippen molar-refractivity contribution in [2.75, 3.05) is 17.9 Å². The predicted molar refractivity (Wildman–Crippen MR) is 134 cm³/mol. The summed E-state index contributed by atoms with van der Waals surface area (Å²) in [4.78, 5) is 35.4. The SMILES string of the molecule is CCCCCOc1ccc(NS(=O)(=O)c2ccc(OC(=O)C(C)(C)C)cc2)c(C(=O)NCC(=O)O)c1. The van der Waals surface area contributed by atoms with Crippen molar-refractivity contribution in [3.05, 3.63) is 48.0 Å². The molecule has 11 heteroatoms. The van der Waals surface area contributed by atoms with E-state index >= 15 is 0 Å². The highest BCUT2D eigenvalue weighted by Gasteiger charge is 2.24. The number of carboxylic acid groups (broad SMARTS) is 1. The van der Waals surface area contributed by atoms with Gasteiger partial charge < -0.3 is 19.9 Å². The van der Waals surface area contributed by atoms with Crippen LogP contribution >= 0.6 is 0 Å². The number of sulfonamides is 1. The van der Waals surface area contributed by atoms with E-state index in [-0.39, 0.29) is 21.9 Å². The Labute approximate surface area is 211 Å². The lowest BCUT2D eigenvalue weighted by Gasteiger charge is -2.17. The Kier molecular flexibility index (Phi) is 9.85. The standard InChI is InChI=1S/C25H32N2O8S/c1-5-6-7-14-34-18-10-13-21(20(15-18)23(30)26-16-22(28)29)27-36(32,33)19-11-8-17(9-12-19)35-24(31)25(2,3)4/h8-13,15,27H,5-7,14,16H2,1-4H3,(H,26,30)(H,28,29). The third-order valence-corrected chi connectivity index (χ3v) is 6.24. The molecule has 0 saturated heterocycles. The normalized spacial score (nSPS) is 11.4. The van der Waals surface area contributed by atoms with E-state index in [2.05, 4.69) is 17.0 Å². The minimum absolute atomic E-state index is 0.0537. The lowest BCUT2D eigenvalue weighted by atomic mass is 9.97. The average molecular weight is 521 g/mol. The Morgan fingerprint density at radius 1 is 0.972 bits per heavy atom. The summed E-state index contributed by atoms with van der Waals surface area (Å²) in [6.45, 7) is 6.93. The third-order valence-electron chi connectivity index (χ3n) is 4.85. The summed E-state index contributed by atoms with van der Waals surface area (Å²) in [6.07, 6.45) is 2.79. The summed E-state index contributed by atoms with van der Waals surface area (Å²) < 4.78 is 39.2. The molecule has 2 aromatic rings. The van der Waals surface area contributed by atoms with Crippen molar-refractivity contribution in [1.82, 2.24) is 5.32 Å². The number of carbonyl (C=O) groups excluding carboxylic acids is 2. The summed E-state index contributed by atoms with van der Waals surface area (Å²) in [6, 6.07) is 9.49. The van der Waals surface area contributed by atoms with E-state index in [4.69, 9.17) is 14.6 Å². The maximum atomic E-state index is 13.0. The maximum Gasteiger partial charge on any atom is 0.322 e. The van der Waals surface area contributed by atoms with E-state index < -0.39 is 39.8 Å². The molecule has 0 heterocycles. The highest BCUT2D eigenvalue weighted by Crippen LogP contribution is 2.27. The monoisotopic (exact) mass is 520 g/mol. The van der Waals surface area contributed by atoms with Crippen LogP contribution in [0, 0.1) is 5.41 Å². The van der Waals surface area contributed by atoms with E-state index in [1.807, 2.05) is 0 Å². The van der Waals surface area contributed by atoms with Crippen LogP contribution in [0.2, 0.25) is 0 Å². The number of rotatable bonds is 12. The molecule has 0 aromatic heterocycles. The lowest BCUT2D eigenvalue weighted by molar-refractivity contribution is -0.143. The lowest BCUT2D eigenvalue weighted by Crippen LogP contribution is -2.30. The van der Waals surface area contributed by atoms with E-state index in [9.17, 15) is 22.8 Å². The van der Waals surface area contributed by atoms with Crippen molar-refractivity contribution in [3.8, 4) is 11.5 Å². The first kappa shape index (κ1) is 28.6. The first-order valence-corrected chi connectivity index (χ1v) is 12.9. The number of aliphatic carboxylic acids is 1. The molecule has 36 heavy (non-hydrogen) atoms. The number of nitrogens with one attached hydrogen (secondary N) is 2. The van der Waals surface area contributed by atoms with Gasteiger partial charge in [-0.25, -0.2) is 8.42 Å². The van der Waals surface area contributed by atoms with Gasteiger partial charge in [0.2, 0.25) is 0 Å². The van der Waals surface area contributed by atoms with Gasteiger partial charge in [-0.1, -0.05) is 19.8 Å². The van der Waals surface area contributed by atoms with Gasteiger partial charge in [-0.2, -0.15) is 0 Å². The van der Waals surface area contributed by atoms with Crippen molar-refractivity contribution >= 4 is 33.6 Å². The Morgan fingerprint density at radius 2 is 1.61 bits per heavy atom. The van der Waals surface area contributed by atoms with Crippen molar-refractivity contribution in [2.24, 2.45) is 5.41 Å². The zero-order valence-electron chi connectivity index (χ0n) is 20.8. The first-order valence-electron chi connectivity index (χ1n) is 11.5. The first-order chi connectivity index (χ1) is 16.8. The molecule has 3 N–H and O–H groups in total. The van der Waals surface area contributed by atoms with Crippen LogP contribution < -0.4 is 19.5 Å². The van der Waals surface area contributed by atoms with Crippen molar-refractivity contribution in [2.45, 2.75) is 51.9 Å². The predicted octanol–water partition coefficient (Wildman–Crippen LogP) is 3.82. The molecule has 0 saturated carbocycles. The maximum absolute atomic E-state index is 13.0. The van der Waals surface area contributed by atoms with Gasteiger partial charge in [0.15, 0.2) is 0 Å². The van der Waals surface area contributed by atoms with Gasteiger partial charge in [0.1, 0.15) is 18.0 Å². The number of esters is 1. The van der Waals surface area contributed by atoms with E-state index in [0.29, 0.717) is 12.4 Å². The third kappa shape index (κ3) is 8.56. The number of carboxylic acids is 1. The smallest absolute Gasteiger partial charge is 0.322 e. The Balaban J connectivity index is 2.27. The van der Waals surface area contributed by atoms with Crippen LogP contribution in [-0.4, -0.2) is 44.5 Å². The molecule has 0 spiro atoms. The summed E-state index contributed by atoms with van der Waals surface area (Å²) >= 11 is 0. The second-order valence-electron chi connectivity index (χ2n) is 9.06. The molecular weight excluding hydrogens is 488 g/mol. The van der Waals surface area contributed by atoms with Crippen molar-refractivity contribution in [3.63, 3.8) is 0 Å². The van der Waals surface area contributed by atoms with Gasteiger partial charge in [-0.3, -0.25) is 19.1 Å². The fraction of sp³-hybridized carbons (Fsp3) is 0.400. The number of amides is 1. The fourth-order valence-electron chi connectivity index (χ4n) is 2.83. The van der Waals surface area contributed by atoms with E-state index in [1.165, 1.54) is 42.5 Å². The molecule has 0 radical (unpaired) electrons. The Morgan fingerprint density at radius 3 is 2.19 bits per heavy atom. The summed E-state index contributed by atoms with van der Waals surface area (Å²) in [5, 5.41) is 11.1. The zero-order chi connectivity index (χ0) is 26.9. The van der Waals surface area contributed by atoms with E-state index in [1.54, 1.807) is 20.8 Å². The van der Waals surface area contributed by atoms with Crippen LogP contribution in [0.4, 0.5) is 5.69 Å². The highest BCUT2D eigenvalue weighted by molar-refractivity contribution is 7.92. The largest absolute Gasteiger partial charge is 0.494 e. The zero-order valence-corrected chi connectivity index (χ0v) is 21.6. The number of carbonyl (C=O) groups is 3. The molecule has 0 atom stereocenters. The molecule has 10 nitrogen and oxygen atoms in total. The summed E-state index contributed by atoms with van der Waals surface area (Å²) in [5.74, 6) is -1.96. The number of hydrogen-bond donors (Lipinski definition) is 3. The number of benzene rings is 2. The minimum atomic E-state index is -4.14. The molecule has 0 aliphatic rings. The van der Waals surface area contributed by atoms with Crippen LogP contribution in [-0.2, 0) is 19.6 Å². The summed E-state index contributed by atoms with van der Waals surface area (Å²) in [7, 11) is -4.14. The molecule has 1 amide bonds. The Bertz CT molecular complexity index is 1190. The van der Waals surface area contributed by atoms with Crippen molar-refractivity contribution < 1.29 is 37.4 Å². The molecule has 0 aliphatic carbocycles. The molecule has 196 valence electrons. The van der Waals surface area contributed by atoms with Crippen LogP contribution in [0.5, 0.6) is 11.5 Å². The van der Waals surface area contributed by atoms with Gasteiger partial charge in [-0.05, 0) is 69.7 Å². The van der Waals surface area contributed by atoms with Crippen LogP contribution in [0.3, 0.4) is 0 Å². The van der Waals surface area contributed by atoms with Crippen molar-refractivity contribution in [1.29, 1.82) is 0 Å². The Hall–Kier alpha value is -3.60. The minimum Gasteiger partial charge on any atom is -0.494 e.